The zero-order chi connectivity index (χ0) is 25.3. The maximum Gasteiger partial charge on any atom is 0.534 e. The van der Waals surface area contributed by atoms with Crippen molar-refractivity contribution in [2.75, 3.05) is 13.7 Å². The summed E-state index contributed by atoms with van der Waals surface area (Å²) in [6, 6.07) is 6.22. The Morgan fingerprint density at radius 3 is 2.06 bits per heavy atom. The van der Waals surface area contributed by atoms with Crippen LogP contribution >= 0.6 is 15.9 Å². The van der Waals surface area contributed by atoms with Gasteiger partial charge in [0.1, 0.15) is 6.29 Å². The van der Waals surface area contributed by atoms with Crippen LogP contribution in [0, 0.1) is 6.92 Å². The van der Waals surface area contributed by atoms with Gasteiger partial charge in [0.15, 0.2) is 5.75 Å². The largest absolute Gasteiger partial charge is 0.534 e. The minimum absolute atomic E-state index is 0.0997. The molecule has 6 nitrogen and oxygen atoms in total. The highest BCUT2D eigenvalue weighted by Gasteiger charge is 2.49. The molecular weight excluding hydrogens is 517 g/mol. The van der Waals surface area contributed by atoms with Gasteiger partial charge in [0.05, 0.1) is 5.60 Å². The number of carbonyl (C=O) groups is 1. The van der Waals surface area contributed by atoms with Gasteiger partial charge in [-0.05, 0) is 63.8 Å². The number of rotatable bonds is 5. The van der Waals surface area contributed by atoms with E-state index in [0.29, 0.717) is 21.7 Å². The molecule has 0 spiro atoms. The van der Waals surface area contributed by atoms with E-state index < -0.39 is 27.0 Å². The molecule has 2 aromatic carbocycles. The molecule has 0 heterocycles. The zero-order valence-electron chi connectivity index (χ0n) is 18.7. The van der Waals surface area contributed by atoms with Gasteiger partial charge in [-0.15, -0.1) is 0 Å². The second kappa shape index (κ2) is 12.5. The summed E-state index contributed by atoms with van der Waals surface area (Å²) in [4.78, 5) is 10.8. The summed E-state index contributed by atoms with van der Waals surface area (Å²) in [5.41, 5.74) is -5.51. The Hall–Kier alpha value is -1.69. The summed E-state index contributed by atoms with van der Waals surface area (Å²) in [5.74, 6) is -0.475. The third-order valence-corrected chi connectivity index (χ3v) is 4.88. The fraction of sp³-hybridized carbons (Fsp3) is 0.476. The molecule has 182 valence electrons. The highest BCUT2D eigenvalue weighted by atomic mass is 79.9. The van der Waals surface area contributed by atoms with E-state index in [1.807, 2.05) is 6.92 Å². The van der Waals surface area contributed by atoms with E-state index in [0.717, 1.165) is 6.61 Å². The Morgan fingerprint density at radius 2 is 1.66 bits per heavy atom. The summed E-state index contributed by atoms with van der Waals surface area (Å²) in [6.07, 6.45) is 0.209. The Kier molecular flexibility index (Phi) is 11.9. The molecule has 2 rings (SSSR count). The number of aliphatic hydroxyl groups is 1. The van der Waals surface area contributed by atoms with E-state index in [1.165, 1.54) is 12.1 Å². The van der Waals surface area contributed by atoms with Gasteiger partial charge >= 0.3 is 15.6 Å². The van der Waals surface area contributed by atoms with Crippen LogP contribution in [0.3, 0.4) is 0 Å². The lowest BCUT2D eigenvalue weighted by Crippen LogP contribution is -2.28. The van der Waals surface area contributed by atoms with E-state index in [4.69, 9.17) is 5.11 Å². The van der Waals surface area contributed by atoms with Crippen LogP contribution in [-0.2, 0) is 26.1 Å². The molecule has 32 heavy (non-hydrogen) atoms. The van der Waals surface area contributed by atoms with Crippen LogP contribution in [-0.4, -0.2) is 44.6 Å². The van der Waals surface area contributed by atoms with Gasteiger partial charge in [-0.3, -0.25) is 0 Å². The number of carbonyl (C=O) groups excluding carboxylic acids is 1. The number of ether oxygens (including phenoxy) is 1. The molecular formula is C21H28BrF3O6S. The van der Waals surface area contributed by atoms with Crippen molar-refractivity contribution < 1.29 is 40.4 Å². The predicted molar refractivity (Wildman–Crippen MR) is 121 cm³/mol. The van der Waals surface area contributed by atoms with Crippen LogP contribution < -0.4 is 4.18 Å². The molecule has 0 aliphatic rings. The number of benzene rings is 2. The molecule has 0 aliphatic carbocycles. The average Bonchev–Trinajstić information content (AvgIpc) is 2.62. The third-order valence-electron chi connectivity index (χ3n) is 3.43. The second-order valence-corrected chi connectivity index (χ2v) is 9.92. The molecule has 0 atom stereocenters. The highest BCUT2D eigenvalue weighted by Crippen LogP contribution is 2.37. The normalized spacial score (nSPS) is 11.7. The van der Waals surface area contributed by atoms with Crippen LogP contribution in [0.4, 0.5) is 13.2 Å². The maximum atomic E-state index is 12.6. The molecule has 1 N–H and O–H groups in total. The Labute approximate surface area is 195 Å². The first kappa shape index (κ1) is 30.3. The van der Waals surface area contributed by atoms with Crippen molar-refractivity contribution >= 4 is 43.1 Å². The molecule has 0 bridgehead atoms. The van der Waals surface area contributed by atoms with E-state index in [-0.39, 0.29) is 17.4 Å². The van der Waals surface area contributed by atoms with Gasteiger partial charge in [0.2, 0.25) is 0 Å². The molecule has 0 fully saturated rings. The van der Waals surface area contributed by atoms with Crippen LogP contribution in [0.25, 0.3) is 10.8 Å². The highest BCUT2D eigenvalue weighted by molar-refractivity contribution is 9.10. The molecule has 0 unspecified atom stereocenters. The van der Waals surface area contributed by atoms with Crippen molar-refractivity contribution in [3.05, 3.63) is 39.9 Å². The molecule has 0 amide bonds. The average molecular weight is 545 g/mol. The maximum absolute atomic E-state index is 12.6. The lowest BCUT2D eigenvalue weighted by molar-refractivity contribution is -0.107. The number of halogens is 4. The first-order valence-electron chi connectivity index (χ1n) is 9.35. The van der Waals surface area contributed by atoms with Gasteiger partial charge in [-0.25, -0.2) is 0 Å². The lowest BCUT2D eigenvalue weighted by Gasteiger charge is -2.16. The van der Waals surface area contributed by atoms with Gasteiger partial charge in [0.25, 0.3) is 0 Å². The fourth-order valence-corrected chi connectivity index (χ4v) is 2.99. The van der Waals surface area contributed by atoms with Crippen molar-refractivity contribution in [2.24, 2.45) is 0 Å². The number of hydrogen-bond acceptors (Lipinski definition) is 6. The van der Waals surface area contributed by atoms with E-state index >= 15 is 0 Å². The van der Waals surface area contributed by atoms with Gasteiger partial charge in [0, 0.05) is 35.6 Å². The smallest absolute Gasteiger partial charge is 0.391 e. The molecule has 0 saturated carbocycles. The summed E-state index contributed by atoms with van der Waals surface area (Å²) in [7, 11) is -4.16. The molecule has 0 saturated heterocycles. The molecule has 0 aliphatic heterocycles. The van der Waals surface area contributed by atoms with Crippen LogP contribution in [0.1, 0.15) is 38.8 Å². The molecule has 0 radical (unpaired) electrons. The van der Waals surface area contributed by atoms with Crippen molar-refractivity contribution in [3.63, 3.8) is 0 Å². The van der Waals surface area contributed by atoms with Gasteiger partial charge in [-0.1, -0.05) is 22.0 Å². The van der Waals surface area contributed by atoms with Crippen LogP contribution in [0.5, 0.6) is 5.75 Å². The SMILES string of the molecule is CC(C)(C)O.CCOC.Cc1cc2cc(Br)ccc2c(OS(=O)(=O)C(F)(F)F)c1CC=O. The Morgan fingerprint density at radius 1 is 1.16 bits per heavy atom. The van der Waals surface area contributed by atoms with Crippen LogP contribution in [0.15, 0.2) is 28.7 Å². The lowest BCUT2D eigenvalue weighted by atomic mass is 9.98. The number of alkyl halides is 3. The van der Waals surface area contributed by atoms with E-state index in [9.17, 15) is 26.4 Å². The van der Waals surface area contributed by atoms with Gasteiger partial charge < -0.3 is 18.8 Å². The predicted octanol–water partition coefficient (Wildman–Crippen LogP) is 5.31. The second-order valence-electron chi connectivity index (χ2n) is 7.47. The summed E-state index contributed by atoms with van der Waals surface area (Å²) < 4.78 is 70.1. The minimum atomic E-state index is -5.84. The van der Waals surface area contributed by atoms with Crippen molar-refractivity contribution in [1.29, 1.82) is 0 Å². The summed E-state index contributed by atoms with van der Waals surface area (Å²) >= 11 is 3.23. The third kappa shape index (κ3) is 10.3. The van der Waals surface area contributed by atoms with Crippen molar-refractivity contribution in [2.45, 2.75) is 52.1 Å². The topological polar surface area (TPSA) is 89.9 Å². The van der Waals surface area contributed by atoms with Crippen molar-refractivity contribution in [3.8, 4) is 5.75 Å². The number of fused-ring (bicyclic) bond motifs is 1. The van der Waals surface area contributed by atoms with Gasteiger partial charge in [-0.2, -0.15) is 21.6 Å². The zero-order valence-corrected chi connectivity index (χ0v) is 21.1. The standard InChI is InChI=1S/C14H10BrF3O4S.C4H10O.C3H8O/c1-8-6-9-7-10(15)2-3-12(9)13(11(8)4-5-19)22-23(20,21)14(16,17)18;1-4(2,3)5;1-3-4-2/h2-3,5-7H,4H2,1H3;5H,1-3H3;3H2,1-2H3. The van der Waals surface area contributed by atoms with Crippen LogP contribution in [0.2, 0.25) is 0 Å². The van der Waals surface area contributed by atoms with E-state index in [1.54, 1.807) is 46.9 Å². The number of methoxy groups -OCH3 is 1. The summed E-state index contributed by atoms with van der Waals surface area (Å²) in [5, 5.41) is 9.18. The number of hydrogen-bond donors (Lipinski definition) is 1. The van der Waals surface area contributed by atoms with Crippen molar-refractivity contribution in [1.82, 2.24) is 0 Å². The van der Waals surface area contributed by atoms with E-state index in [2.05, 4.69) is 24.8 Å². The first-order chi connectivity index (χ1) is 14.5. The monoisotopic (exact) mass is 544 g/mol. The summed E-state index contributed by atoms with van der Waals surface area (Å²) in [6.45, 7) is 9.57. The molecule has 2 aromatic rings. The Bertz CT molecular complexity index is 991. The Balaban J connectivity index is 0.000000906. The molecule has 11 heteroatoms. The minimum Gasteiger partial charge on any atom is -0.391 e. The quantitative estimate of drug-likeness (QED) is 0.311. The number of aldehydes is 1. The number of aryl methyl sites for hydroxylation is 1. The first-order valence-corrected chi connectivity index (χ1v) is 11.6. The molecule has 0 aromatic heterocycles. The fourth-order valence-electron chi connectivity index (χ4n) is 2.11.